The van der Waals surface area contributed by atoms with Crippen LogP contribution in [-0.2, 0) is 9.53 Å². The molecule has 0 aliphatic carbocycles. The van der Waals surface area contributed by atoms with Gasteiger partial charge in [-0.05, 0) is 6.07 Å². The molecule has 0 aliphatic heterocycles. The number of methoxy groups -OCH3 is 1. The lowest BCUT2D eigenvalue weighted by Gasteiger charge is -2.07. The minimum absolute atomic E-state index is 0.245. The van der Waals surface area contributed by atoms with Crippen molar-refractivity contribution in [3.8, 4) is 0 Å². The summed E-state index contributed by atoms with van der Waals surface area (Å²) in [5, 5.41) is 3.01. The molecule has 0 aliphatic rings. The maximum absolute atomic E-state index is 10.8. The fraction of sp³-hybridized carbons (Fsp3) is 0.333. The number of pyridine rings is 1. The molecule has 0 spiro atoms. The third-order valence-electron chi connectivity index (χ3n) is 1.72. The number of carbonyl (C=O) groups is 1. The zero-order chi connectivity index (χ0) is 10.4. The standard InChI is InChI=1S/C9H13N3O2/c1-14-9(13)3-5-12-8-2-4-11-6-7(8)10/h2,4,6H,3,5,10H2,1H3,(H,11,12). The van der Waals surface area contributed by atoms with Gasteiger partial charge in [-0.2, -0.15) is 0 Å². The minimum Gasteiger partial charge on any atom is -0.469 e. The van der Waals surface area contributed by atoms with Gasteiger partial charge in [-0.15, -0.1) is 0 Å². The number of aromatic nitrogens is 1. The van der Waals surface area contributed by atoms with Gasteiger partial charge < -0.3 is 15.8 Å². The SMILES string of the molecule is COC(=O)CCNc1ccncc1N. The Morgan fingerprint density at radius 1 is 1.71 bits per heavy atom. The molecule has 1 rings (SSSR count). The Morgan fingerprint density at radius 3 is 3.14 bits per heavy atom. The van der Waals surface area contributed by atoms with E-state index in [9.17, 15) is 4.79 Å². The lowest BCUT2D eigenvalue weighted by atomic mass is 10.3. The molecule has 0 radical (unpaired) electrons. The maximum Gasteiger partial charge on any atom is 0.307 e. The second-order valence-corrected chi connectivity index (χ2v) is 2.72. The van der Waals surface area contributed by atoms with Crippen molar-refractivity contribution in [2.24, 2.45) is 0 Å². The Kier molecular flexibility index (Phi) is 3.72. The van der Waals surface area contributed by atoms with Crippen LogP contribution in [0.25, 0.3) is 0 Å². The van der Waals surface area contributed by atoms with Crippen LogP contribution >= 0.6 is 0 Å². The lowest BCUT2D eigenvalue weighted by molar-refractivity contribution is -0.140. The summed E-state index contributed by atoms with van der Waals surface area (Å²) in [6.07, 6.45) is 3.51. The molecule has 5 heteroatoms. The largest absolute Gasteiger partial charge is 0.469 e. The second-order valence-electron chi connectivity index (χ2n) is 2.72. The van der Waals surface area contributed by atoms with E-state index >= 15 is 0 Å². The Balaban J connectivity index is 2.39. The predicted octanol–water partition coefficient (Wildman–Crippen LogP) is 0.639. The molecule has 3 N–H and O–H groups in total. The van der Waals surface area contributed by atoms with Gasteiger partial charge >= 0.3 is 5.97 Å². The van der Waals surface area contributed by atoms with E-state index in [1.54, 1.807) is 18.5 Å². The number of ether oxygens (including phenoxy) is 1. The number of hydrogen-bond donors (Lipinski definition) is 2. The first kappa shape index (κ1) is 10.3. The average Bonchev–Trinajstić information content (AvgIpc) is 2.20. The number of rotatable bonds is 4. The number of nitrogens with two attached hydrogens (primary N) is 1. The molecule has 0 saturated carbocycles. The van der Waals surface area contributed by atoms with E-state index < -0.39 is 0 Å². The van der Waals surface area contributed by atoms with Crippen LogP contribution in [-0.4, -0.2) is 24.6 Å². The van der Waals surface area contributed by atoms with E-state index in [1.807, 2.05) is 0 Å². The number of esters is 1. The number of nitrogens with zero attached hydrogens (tertiary/aromatic N) is 1. The zero-order valence-corrected chi connectivity index (χ0v) is 7.99. The van der Waals surface area contributed by atoms with Gasteiger partial charge in [-0.25, -0.2) is 0 Å². The molecule has 0 saturated heterocycles. The zero-order valence-electron chi connectivity index (χ0n) is 7.99. The van der Waals surface area contributed by atoms with Crippen molar-refractivity contribution in [1.82, 2.24) is 4.98 Å². The molecular weight excluding hydrogens is 182 g/mol. The Bertz CT molecular complexity index is 315. The van der Waals surface area contributed by atoms with E-state index in [4.69, 9.17) is 5.73 Å². The first-order valence-electron chi connectivity index (χ1n) is 4.24. The first-order valence-corrected chi connectivity index (χ1v) is 4.24. The molecule has 1 aromatic rings. The van der Waals surface area contributed by atoms with Gasteiger partial charge in [0.1, 0.15) is 0 Å². The van der Waals surface area contributed by atoms with Gasteiger partial charge in [0, 0.05) is 12.7 Å². The van der Waals surface area contributed by atoms with Crippen molar-refractivity contribution >= 4 is 17.3 Å². The molecule has 0 atom stereocenters. The van der Waals surface area contributed by atoms with Gasteiger partial charge in [0.25, 0.3) is 0 Å². The smallest absolute Gasteiger partial charge is 0.307 e. The number of carbonyl (C=O) groups excluding carboxylic acids is 1. The van der Waals surface area contributed by atoms with Crippen LogP contribution in [0.2, 0.25) is 0 Å². The highest BCUT2D eigenvalue weighted by atomic mass is 16.5. The average molecular weight is 195 g/mol. The van der Waals surface area contributed by atoms with Gasteiger partial charge in [0.15, 0.2) is 0 Å². The van der Waals surface area contributed by atoms with Crippen LogP contribution in [0, 0.1) is 0 Å². The van der Waals surface area contributed by atoms with Gasteiger partial charge in [-0.3, -0.25) is 9.78 Å². The number of hydrogen-bond acceptors (Lipinski definition) is 5. The summed E-state index contributed by atoms with van der Waals surface area (Å²) in [6.45, 7) is 0.501. The van der Waals surface area contributed by atoms with E-state index in [1.165, 1.54) is 7.11 Å². The summed E-state index contributed by atoms with van der Waals surface area (Å²) in [4.78, 5) is 14.6. The van der Waals surface area contributed by atoms with Crippen LogP contribution < -0.4 is 11.1 Å². The predicted molar refractivity (Wildman–Crippen MR) is 53.8 cm³/mol. The molecule has 1 heterocycles. The van der Waals surface area contributed by atoms with Crippen molar-refractivity contribution in [1.29, 1.82) is 0 Å². The van der Waals surface area contributed by atoms with Gasteiger partial charge in [0.2, 0.25) is 0 Å². The number of nitrogen functional groups attached to an aromatic ring is 1. The first-order chi connectivity index (χ1) is 6.74. The second kappa shape index (κ2) is 5.06. The van der Waals surface area contributed by atoms with Crippen molar-refractivity contribution in [3.63, 3.8) is 0 Å². The van der Waals surface area contributed by atoms with E-state index in [0.717, 1.165) is 5.69 Å². The lowest BCUT2D eigenvalue weighted by Crippen LogP contribution is -2.10. The third-order valence-corrected chi connectivity index (χ3v) is 1.72. The summed E-state index contributed by atoms with van der Waals surface area (Å²) in [5.41, 5.74) is 6.98. The minimum atomic E-state index is -0.245. The fourth-order valence-electron chi connectivity index (χ4n) is 0.969. The van der Waals surface area contributed by atoms with Crippen molar-refractivity contribution in [2.45, 2.75) is 6.42 Å². The van der Waals surface area contributed by atoms with E-state index in [2.05, 4.69) is 15.0 Å². The quantitative estimate of drug-likeness (QED) is 0.689. The fourth-order valence-corrected chi connectivity index (χ4v) is 0.969. The summed E-state index contributed by atoms with van der Waals surface area (Å²) < 4.78 is 4.50. The molecule has 76 valence electrons. The van der Waals surface area contributed by atoms with Crippen molar-refractivity contribution in [2.75, 3.05) is 24.7 Å². The highest BCUT2D eigenvalue weighted by molar-refractivity contribution is 5.70. The summed E-state index contributed by atoms with van der Waals surface area (Å²) in [7, 11) is 1.36. The molecule has 0 bridgehead atoms. The normalized spacial score (nSPS) is 9.50. The molecule has 0 aromatic carbocycles. The van der Waals surface area contributed by atoms with Crippen LogP contribution in [0.1, 0.15) is 6.42 Å². The van der Waals surface area contributed by atoms with Gasteiger partial charge in [0.05, 0.1) is 31.1 Å². The Morgan fingerprint density at radius 2 is 2.50 bits per heavy atom. The molecule has 0 unspecified atom stereocenters. The topological polar surface area (TPSA) is 77.2 Å². The van der Waals surface area contributed by atoms with Crippen LogP contribution in [0.3, 0.4) is 0 Å². The molecule has 5 nitrogen and oxygen atoms in total. The summed E-state index contributed by atoms with van der Waals surface area (Å²) >= 11 is 0. The Hall–Kier alpha value is -1.78. The van der Waals surface area contributed by atoms with Gasteiger partial charge in [-0.1, -0.05) is 0 Å². The van der Waals surface area contributed by atoms with Crippen molar-refractivity contribution < 1.29 is 9.53 Å². The molecule has 14 heavy (non-hydrogen) atoms. The third kappa shape index (κ3) is 2.93. The van der Waals surface area contributed by atoms with Crippen molar-refractivity contribution in [3.05, 3.63) is 18.5 Å². The monoisotopic (exact) mass is 195 g/mol. The van der Waals surface area contributed by atoms with E-state index in [0.29, 0.717) is 18.7 Å². The maximum atomic E-state index is 10.8. The van der Waals surface area contributed by atoms with Crippen LogP contribution in [0.15, 0.2) is 18.5 Å². The van der Waals surface area contributed by atoms with E-state index in [-0.39, 0.29) is 5.97 Å². The summed E-state index contributed by atoms with van der Waals surface area (Å²) in [5.74, 6) is -0.245. The highest BCUT2D eigenvalue weighted by Crippen LogP contribution is 2.14. The molecule has 1 aromatic heterocycles. The number of anilines is 2. The highest BCUT2D eigenvalue weighted by Gasteiger charge is 2.00. The summed E-state index contributed by atoms with van der Waals surface area (Å²) in [6, 6.07) is 1.76. The Labute approximate surface area is 82.3 Å². The van der Waals surface area contributed by atoms with Crippen LogP contribution in [0.5, 0.6) is 0 Å². The number of nitrogens with one attached hydrogen (secondary N) is 1. The molecule has 0 fully saturated rings. The molecule has 0 amide bonds. The van der Waals surface area contributed by atoms with Crippen LogP contribution in [0.4, 0.5) is 11.4 Å². The molecular formula is C9H13N3O2.